The van der Waals surface area contributed by atoms with Crippen LogP contribution in [0.5, 0.6) is 5.75 Å². The maximum Gasteiger partial charge on any atom is 0.119 e. The van der Waals surface area contributed by atoms with Crippen LogP contribution >= 0.6 is 0 Å². The van der Waals surface area contributed by atoms with E-state index >= 15 is 0 Å². The van der Waals surface area contributed by atoms with Crippen molar-refractivity contribution >= 4 is 0 Å². The molecule has 1 fully saturated rings. The minimum Gasteiger partial charge on any atom is -0.494 e. The molecule has 0 aromatic heterocycles. The van der Waals surface area contributed by atoms with Crippen molar-refractivity contribution in [1.82, 2.24) is 5.32 Å². The second-order valence-electron chi connectivity index (χ2n) is 5.46. The molecule has 0 bridgehead atoms. The highest BCUT2D eigenvalue weighted by Gasteiger charge is 2.32. The molecule has 0 spiro atoms. The van der Waals surface area contributed by atoms with Gasteiger partial charge in [0.25, 0.3) is 0 Å². The fraction of sp³-hybridized carbons (Fsp3) is 0.647. The van der Waals surface area contributed by atoms with E-state index in [1.165, 1.54) is 5.56 Å². The van der Waals surface area contributed by atoms with Crippen molar-refractivity contribution in [3.63, 3.8) is 0 Å². The van der Waals surface area contributed by atoms with Gasteiger partial charge in [-0.3, -0.25) is 0 Å². The average molecular weight is 277 g/mol. The zero-order valence-electron chi connectivity index (χ0n) is 12.9. The van der Waals surface area contributed by atoms with Crippen molar-refractivity contribution in [3.8, 4) is 5.75 Å². The third kappa shape index (κ3) is 3.74. The lowest BCUT2D eigenvalue weighted by atomic mass is 9.88. The van der Waals surface area contributed by atoms with E-state index in [9.17, 15) is 0 Å². The maximum atomic E-state index is 5.75. The van der Waals surface area contributed by atoms with Crippen LogP contribution in [0.1, 0.15) is 45.2 Å². The van der Waals surface area contributed by atoms with E-state index in [0.717, 1.165) is 31.7 Å². The predicted octanol–water partition coefficient (Wildman–Crippen LogP) is 3.55. The van der Waals surface area contributed by atoms with Crippen molar-refractivity contribution in [3.05, 3.63) is 29.8 Å². The van der Waals surface area contributed by atoms with Crippen LogP contribution in [0.3, 0.4) is 0 Å². The highest BCUT2D eigenvalue weighted by molar-refractivity contribution is 5.30. The van der Waals surface area contributed by atoms with Crippen molar-refractivity contribution in [2.45, 2.75) is 45.8 Å². The van der Waals surface area contributed by atoms with Crippen molar-refractivity contribution in [2.75, 3.05) is 19.8 Å². The molecular weight excluding hydrogens is 250 g/mol. The summed E-state index contributed by atoms with van der Waals surface area (Å²) in [4.78, 5) is 0. The molecular formula is C17H27NO2. The standard InChI is InChI=1S/C17H27NO2/c1-4-11-18-17(16-10-12-20-13(16)3)14-6-8-15(9-7-14)19-5-2/h6-9,13,16-18H,4-5,10-12H2,1-3H3. The Labute approximate surface area is 122 Å². The molecule has 3 heteroatoms. The van der Waals surface area contributed by atoms with Gasteiger partial charge in [-0.15, -0.1) is 0 Å². The summed E-state index contributed by atoms with van der Waals surface area (Å²) in [6.45, 7) is 9.04. The van der Waals surface area contributed by atoms with Gasteiger partial charge in [-0.05, 0) is 50.9 Å². The second kappa shape index (κ2) is 7.65. The van der Waals surface area contributed by atoms with E-state index in [1.807, 2.05) is 6.92 Å². The lowest BCUT2D eigenvalue weighted by Gasteiger charge is -2.27. The van der Waals surface area contributed by atoms with E-state index in [-0.39, 0.29) is 0 Å². The van der Waals surface area contributed by atoms with Gasteiger partial charge in [0.2, 0.25) is 0 Å². The highest BCUT2D eigenvalue weighted by Crippen LogP contribution is 2.33. The van der Waals surface area contributed by atoms with Crippen molar-refractivity contribution in [1.29, 1.82) is 0 Å². The van der Waals surface area contributed by atoms with Gasteiger partial charge in [0.1, 0.15) is 5.75 Å². The molecule has 0 aliphatic carbocycles. The monoisotopic (exact) mass is 277 g/mol. The summed E-state index contributed by atoms with van der Waals surface area (Å²) in [5, 5.41) is 3.69. The molecule has 0 amide bonds. The molecule has 1 heterocycles. The van der Waals surface area contributed by atoms with E-state index in [0.29, 0.717) is 24.7 Å². The summed E-state index contributed by atoms with van der Waals surface area (Å²) in [6.07, 6.45) is 2.61. The Morgan fingerprint density at radius 2 is 2.05 bits per heavy atom. The first-order chi connectivity index (χ1) is 9.76. The molecule has 1 aromatic rings. The summed E-state index contributed by atoms with van der Waals surface area (Å²) in [5.41, 5.74) is 1.34. The fourth-order valence-corrected chi connectivity index (χ4v) is 2.94. The Bertz CT molecular complexity index is 390. The molecule has 2 rings (SSSR count). The number of hydrogen-bond donors (Lipinski definition) is 1. The number of hydrogen-bond acceptors (Lipinski definition) is 3. The summed E-state index contributed by atoms with van der Waals surface area (Å²) >= 11 is 0. The van der Waals surface area contributed by atoms with E-state index in [2.05, 4.69) is 43.4 Å². The first kappa shape index (κ1) is 15.3. The van der Waals surface area contributed by atoms with Crippen LogP contribution < -0.4 is 10.1 Å². The van der Waals surface area contributed by atoms with Crippen molar-refractivity contribution in [2.24, 2.45) is 5.92 Å². The molecule has 1 N–H and O–H groups in total. The minimum atomic E-state index is 0.330. The fourth-order valence-electron chi connectivity index (χ4n) is 2.94. The van der Waals surface area contributed by atoms with Crippen LogP contribution in [-0.4, -0.2) is 25.9 Å². The normalized spacial score (nSPS) is 23.8. The van der Waals surface area contributed by atoms with Gasteiger partial charge in [0.15, 0.2) is 0 Å². The molecule has 1 aliphatic rings. The van der Waals surface area contributed by atoms with Gasteiger partial charge in [-0.1, -0.05) is 19.1 Å². The van der Waals surface area contributed by atoms with E-state index in [4.69, 9.17) is 9.47 Å². The number of benzene rings is 1. The molecule has 0 saturated carbocycles. The lowest BCUT2D eigenvalue weighted by Crippen LogP contribution is -2.32. The Morgan fingerprint density at radius 1 is 1.30 bits per heavy atom. The molecule has 1 saturated heterocycles. The third-order valence-corrected chi connectivity index (χ3v) is 4.03. The molecule has 3 nitrogen and oxygen atoms in total. The minimum absolute atomic E-state index is 0.330. The summed E-state index contributed by atoms with van der Waals surface area (Å²) < 4.78 is 11.3. The Hall–Kier alpha value is -1.06. The molecule has 1 aliphatic heterocycles. The SMILES string of the molecule is CCCNC(c1ccc(OCC)cc1)C1CCOC1C. The largest absolute Gasteiger partial charge is 0.494 e. The lowest BCUT2D eigenvalue weighted by molar-refractivity contribution is 0.0953. The first-order valence-corrected chi connectivity index (χ1v) is 7.84. The van der Waals surface area contributed by atoms with Crippen LogP contribution in [0.4, 0.5) is 0 Å². The molecule has 0 radical (unpaired) electrons. The Morgan fingerprint density at radius 3 is 2.60 bits per heavy atom. The van der Waals surface area contributed by atoms with E-state index in [1.54, 1.807) is 0 Å². The summed E-state index contributed by atoms with van der Waals surface area (Å²) in [5.74, 6) is 1.50. The predicted molar refractivity (Wildman–Crippen MR) is 82.2 cm³/mol. The first-order valence-electron chi connectivity index (χ1n) is 7.84. The van der Waals surface area contributed by atoms with Crippen LogP contribution in [0.25, 0.3) is 0 Å². The van der Waals surface area contributed by atoms with Gasteiger partial charge in [0.05, 0.1) is 12.7 Å². The average Bonchev–Trinajstić information content (AvgIpc) is 2.88. The van der Waals surface area contributed by atoms with Gasteiger partial charge in [-0.2, -0.15) is 0 Å². The molecule has 3 unspecified atom stereocenters. The Balaban J connectivity index is 2.12. The zero-order chi connectivity index (χ0) is 14.4. The quantitative estimate of drug-likeness (QED) is 0.826. The topological polar surface area (TPSA) is 30.5 Å². The Kier molecular flexibility index (Phi) is 5.86. The smallest absolute Gasteiger partial charge is 0.119 e. The number of rotatable bonds is 7. The summed E-state index contributed by atoms with van der Waals surface area (Å²) in [7, 11) is 0. The summed E-state index contributed by atoms with van der Waals surface area (Å²) in [6, 6.07) is 8.88. The highest BCUT2D eigenvalue weighted by atomic mass is 16.5. The van der Waals surface area contributed by atoms with Crippen molar-refractivity contribution < 1.29 is 9.47 Å². The van der Waals surface area contributed by atoms with Crippen LogP contribution in [0.15, 0.2) is 24.3 Å². The number of nitrogens with one attached hydrogen (secondary N) is 1. The molecule has 112 valence electrons. The molecule has 1 aromatic carbocycles. The molecule has 20 heavy (non-hydrogen) atoms. The number of ether oxygens (including phenoxy) is 2. The van der Waals surface area contributed by atoms with E-state index < -0.39 is 0 Å². The third-order valence-electron chi connectivity index (χ3n) is 4.03. The van der Waals surface area contributed by atoms with Crippen LogP contribution in [0.2, 0.25) is 0 Å². The second-order valence-corrected chi connectivity index (χ2v) is 5.46. The van der Waals surface area contributed by atoms with Crippen LogP contribution in [0, 0.1) is 5.92 Å². The van der Waals surface area contributed by atoms with Gasteiger partial charge < -0.3 is 14.8 Å². The zero-order valence-corrected chi connectivity index (χ0v) is 12.9. The van der Waals surface area contributed by atoms with Gasteiger partial charge in [0, 0.05) is 18.6 Å². The maximum absolute atomic E-state index is 5.75. The molecule has 3 atom stereocenters. The van der Waals surface area contributed by atoms with Gasteiger partial charge >= 0.3 is 0 Å². The van der Waals surface area contributed by atoms with Crippen LogP contribution in [-0.2, 0) is 4.74 Å². The van der Waals surface area contributed by atoms with Gasteiger partial charge in [-0.25, -0.2) is 0 Å².